The zero-order valence-corrected chi connectivity index (χ0v) is 16.9. The molecule has 1 atom stereocenters. The largest absolute Gasteiger partial charge is 0.497 e. The van der Waals surface area contributed by atoms with Gasteiger partial charge in [-0.15, -0.1) is 10.2 Å². The summed E-state index contributed by atoms with van der Waals surface area (Å²) >= 11 is 1.25. The Labute approximate surface area is 175 Å². The highest BCUT2D eigenvalue weighted by Gasteiger charge is 2.18. The van der Waals surface area contributed by atoms with Crippen molar-refractivity contribution in [3.8, 4) is 22.9 Å². The maximum absolute atomic E-state index is 13.7. The van der Waals surface area contributed by atoms with Crippen LogP contribution in [-0.2, 0) is 5.75 Å². The number of thioether (sulfide) groups is 1. The fourth-order valence-corrected chi connectivity index (χ4v) is 3.13. The summed E-state index contributed by atoms with van der Waals surface area (Å²) in [6.07, 6.45) is -0.603. The number of ether oxygens (including phenoxy) is 2. The minimum atomic E-state index is -0.603. The van der Waals surface area contributed by atoms with Gasteiger partial charge < -0.3 is 18.4 Å². The fourth-order valence-electron chi connectivity index (χ4n) is 2.52. The quantitative estimate of drug-likeness (QED) is 0.370. The second kappa shape index (κ2) is 8.95. The van der Waals surface area contributed by atoms with Gasteiger partial charge in [-0.3, -0.25) is 0 Å². The third kappa shape index (κ3) is 4.60. The highest BCUT2D eigenvalue weighted by atomic mass is 32.2. The van der Waals surface area contributed by atoms with Crippen LogP contribution in [0, 0.1) is 5.82 Å². The van der Waals surface area contributed by atoms with E-state index < -0.39 is 11.9 Å². The number of benzene rings is 2. The summed E-state index contributed by atoms with van der Waals surface area (Å²) in [5, 5.41) is 12.2. The van der Waals surface area contributed by atoms with Gasteiger partial charge in [-0.25, -0.2) is 4.39 Å². The molecule has 0 bridgehead atoms. The minimum Gasteiger partial charge on any atom is -0.497 e. The maximum atomic E-state index is 13.7. The highest BCUT2D eigenvalue weighted by molar-refractivity contribution is 7.98. The lowest BCUT2D eigenvalue weighted by molar-refractivity contribution is 0.174. The van der Waals surface area contributed by atoms with Gasteiger partial charge in [0.15, 0.2) is 17.7 Å². The van der Waals surface area contributed by atoms with E-state index in [4.69, 9.17) is 18.4 Å². The van der Waals surface area contributed by atoms with Crippen molar-refractivity contribution < 1.29 is 22.8 Å². The maximum Gasteiger partial charge on any atom is 0.277 e. The molecule has 2 aromatic heterocycles. The molecule has 2 heterocycles. The average molecular weight is 428 g/mol. The van der Waals surface area contributed by atoms with E-state index >= 15 is 0 Å². The molecule has 0 aliphatic heterocycles. The van der Waals surface area contributed by atoms with Crippen LogP contribution in [-0.4, -0.2) is 27.4 Å². The molecular weight excluding hydrogens is 411 g/mol. The molecule has 4 aromatic rings. The normalized spacial score (nSPS) is 12.0. The van der Waals surface area contributed by atoms with Gasteiger partial charge in [-0.2, -0.15) is 4.98 Å². The lowest BCUT2D eigenvalue weighted by Gasteiger charge is -2.11. The first-order valence-corrected chi connectivity index (χ1v) is 9.95. The van der Waals surface area contributed by atoms with Gasteiger partial charge in [0.05, 0.1) is 12.9 Å². The molecule has 154 valence electrons. The van der Waals surface area contributed by atoms with Gasteiger partial charge >= 0.3 is 0 Å². The Balaban J connectivity index is 1.35. The van der Waals surface area contributed by atoms with Crippen molar-refractivity contribution >= 4 is 11.8 Å². The summed E-state index contributed by atoms with van der Waals surface area (Å²) in [6, 6.07) is 13.5. The Hall–Kier alpha value is -3.40. The number of nitrogens with zero attached hydrogens (tertiary/aromatic N) is 4. The van der Waals surface area contributed by atoms with Crippen LogP contribution in [0.25, 0.3) is 11.4 Å². The predicted octanol–water partition coefficient (Wildman–Crippen LogP) is 4.70. The third-order valence-electron chi connectivity index (χ3n) is 4.05. The molecule has 0 unspecified atom stereocenters. The number of methoxy groups -OCH3 is 1. The van der Waals surface area contributed by atoms with Gasteiger partial charge in [-0.1, -0.05) is 29.1 Å². The van der Waals surface area contributed by atoms with Crippen molar-refractivity contribution in [2.75, 3.05) is 7.11 Å². The van der Waals surface area contributed by atoms with E-state index in [1.54, 1.807) is 26.2 Å². The van der Waals surface area contributed by atoms with Gasteiger partial charge in [0.25, 0.3) is 11.1 Å². The molecule has 0 aliphatic carbocycles. The van der Waals surface area contributed by atoms with Crippen molar-refractivity contribution in [1.29, 1.82) is 0 Å². The van der Waals surface area contributed by atoms with E-state index in [0.29, 0.717) is 22.7 Å². The standard InChI is InChI=1S/C20H17FN4O4S/c1-12(27-16-6-4-3-5-15(16)21)19-23-24-20(28-19)30-11-17-22-18(25-29-17)13-7-9-14(26-2)10-8-13/h3-10,12H,11H2,1-2H3/t12-/m1/s1. The van der Waals surface area contributed by atoms with Crippen molar-refractivity contribution in [2.24, 2.45) is 0 Å². The predicted molar refractivity (Wildman–Crippen MR) is 106 cm³/mol. The summed E-state index contributed by atoms with van der Waals surface area (Å²) < 4.78 is 35.3. The summed E-state index contributed by atoms with van der Waals surface area (Å²) in [4.78, 5) is 4.36. The van der Waals surface area contributed by atoms with E-state index in [9.17, 15) is 4.39 Å². The highest BCUT2D eigenvalue weighted by Crippen LogP contribution is 2.27. The van der Waals surface area contributed by atoms with Gasteiger partial charge in [-0.05, 0) is 43.3 Å². The molecule has 0 amide bonds. The Morgan fingerprint density at radius 2 is 1.90 bits per heavy atom. The summed E-state index contributed by atoms with van der Waals surface area (Å²) in [6.45, 7) is 1.70. The first kappa shape index (κ1) is 19.9. The molecule has 10 heteroatoms. The number of halogens is 1. The zero-order valence-electron chi connectivity index (χ0n) is 16.1. The smallest absolute Gasteiger partial charge is 0.277 e. The molecule has 0 fully saturated rings. The second-order valence-corrected chi connectivity index (χ2v) is 7.05. The van der Waals surface area contributed by atoms with Crippen molar-refractivity contribution in [3.05, 3.63) is 66.1 Å². The first-order chi connectivity index (χ1) is 14.6. The molecule has 2 aromatic carbocycles. The molecule has 0 spiro atoms. The van der Waals surface area contributed by atoms with Crippen LogP contribution in [0.3, 0.4) is 0 Å². The Kier molecular flexibility index (Phi) is 5.94. The van der Waals surface area contributed by atoms with Crippen molar-refractivity contribution in [2.45, 2.75) is 24.0 Å². The van der Waals surface area contributed by atoms with Crippen LogP contribution in [0.2, 0.25) is 0 Å². The molecule has 0 aliphatic rings. The molecular formula is C20H17FN4O4S. The van der Waals surface area contributed by atoms with E-state index in [-0.39, 0.29) is 11.6 Å². The van der Waals surface area contributed by atoms with E-state index in [0.717, 1.165) is 11.3 Å². The number of hydrogen-bond donors (Lipinski definition) is 0. The lowest BCUT2D eigenvalue weighted by Crippen LogP contribution is -2.04. The molecule has 0 N–H and O–H groups in total. The topological polar surface area (TPSA) is 96.3 Å². The minimum absolute atomic E-state index is 0.120. The SMILES string of the molecule is COc1ccc(-c2noc(CSc3nnc([C@@H](C)Oc4ccccc4F)o3)n2)cc1. The van der Waals surface area contributed by atoms with Crippen LogP contribution in [0.1, 0.15) is 24.8 Å². The monoisotopic (exact) mass is 428 g/mol. The number of rotatable bonds is 8. The fraction of sp³-hybridized carbons (Fsp3) is 0.200. The van der Waals surface area contributed by atoms with Gasteiger partial charge in [0.2, 0.25) is 11.7 Å². The van der Waals surface area contributed by atoms with Gasteiger partial charge in [0.1, 0.15) is 5.75 Å². The van der Waals surface area contributed by atoms with E-state index in [2.05, 4.69) is 20.3 Å². The zero-order chi connectivity index (χ0) is 20.9. The Morgan fingerprint density at radius 1 is 1.10 bits per heavy atom. The average Bonchev–Trinajstić information content (AvgIpc) is 3.44. The summed E-state index contributed by atoms with van der Waals surface area (Å²) in [5.41, 5.74) is 0.815. The third-order valence-corrected chi connectivity index (χ3v) is 4.85. The van der Waals surface area contributed by atoms with Crippen LogP contribution in [0.4, 0.5) is 4.39 Å². The Bertz CT molecular complexity index is 1120. The van der Waals surface area contributed by atoms with Crippen molar-refractivity contribution in [1.82, 2.24) is 20.3 Å². The number of hydrogen-bond acceptors (Lipinski definition) is 9. The molecule has 0 radical (unpaired) electrons. The summed E-state index contributed by atoms with van der Waals surface area (Å²) in [7, 11) is 1.61. The van der Waals surface area contributed by atoms with Crippen LogP contribution in [0.5, 0.6) is 11.5 Å². The van der Waals surface area contributed by atoms with Crippen molar-refractivity contribution in [3.63, 3.8) is 0 Å². The van der Waals surface area contributed by atoms with E-state index in [1.807, 2.05) is 24.3 Å². The van der Waals surface area contributed by atoms with Gasteiger partial charge in [0, 0.05) is 5.56 Å². The first-order valence-electron chi connectivity index (χ1n) is 8.97. The number of para-hydroxylation sites is 1. The van der Waals surface area contributed by atoms with E-state index in [1.165, 1.54) is 23.9 Å². The molecule has 30 heavy (non-hydrogen) atoms. The van der Waals surface area contributed by atoms with Crippen LogP contribution in [0.15, 0.2) is 62.7 Å². The number of aromatic nitrogens is 4. The molecule has 8 nitrogen and oxygen atoms in total. The molecule has 4 rings (SSSR count). The Morgan fingerprint density at radius 3 is 2.67 bits per heavy atom. The van der Waals surface area contributed by atoms with Crippen LogP contribution >= 0.6 is 11.8 Å². The van der Waals surface area contributed by atoms with Crippen LogP contribution < -0.4 is 9.47 Å². The molecule has 0 saturated heterocycles. The second-order valence-electron chi connectivity index (χ2n) is 6.13. The molecule has 0 saturated carbocycles. The lowest BCUT2D eigenvalue weighted by atomic mass is 10.2. The summed E-state index contributed by atoms with van der Waals surface area (Å²) in [5.74, 6) is 1.90.